The SMILES string of the molecule is CNC(=O)c1cc(CO)ccn1.Cl.O. The topological polar surface area (TPSA) is 93.7 Å². The number of nitrogens with zero attached hydrogens (tertiary/aromatic N) is 1. The molecule has 0 saturated carbocycles. The van der Waals surface area contributed by atoms with Gasteiger partial charge in [-0.1, -0.05) is 0 Å². The molecule has 4 N–H and O–H groups in total. The summed E-state index contributed by atoms with van der Waals surface area (Å²) >= 11 is 0. The van der Waals surface area contributed by atoms with E-state index < -0.39 is 0 Å². The lowest BCUT2D eigenvalue weighted by Crippen LogP contribution is -2.19. The van der Waals surface area contributed by atoms with Crippen molar-refractivity contribution in [2.45, 2.75) is 6.61 Å². The van der Waals surface area contributed by atoms with E-state index in [4.69, 9.17) is 5.11 Å². The van der Waals surface area contributed by atoms with Gasteiger partial charge >= 0.3 is 0 Å². The molecule has 0 aliphatic heterocycles. The van der Waals surface area contributed by atoms with Gasteiger partial charge in [-0.15, -0.1) is 12.4 Å². The van der Waals surface area contributed by atoms with Crippen molar-refractivity contribution in [1.29, 1.82) is 0 Å². The third-order valence-corrected chi connectivity index (χ3v) is 1.47. The van der Waals surface area contributed by atoms with Crippen molar-refractivity contribution in [3.63, 3.8) is 0 Å². The van der Waals surface area contributed by atoms with Crippen molar-refractivity contribution in [3.05, 3.63) is 29.6 Å². The maximum atomic E-state index is 11.0. The number of halogens is 1. The fraction of sp³-hybridized carbons (Fsp3) is 0.250. The summed E-state index contributed by atoms with van der Waals surface area (Å²) in [6.07, 6.45) is 1.50. The summed E-state index contributed by atoms with van der Waals surface area (Å²) in [7, 11) is 1.54. The van der Waals surface area contributed by atoms with E-state index in [1.807, 2.05) is 0 Å². The average molecular weight is 221 g/mol. The van der Waals surface area contributed by atoms with Gasteiger partial charge in [0.25, 0.3) is 5.91 Å². The van der Waals surface area contributed by atoms with Gasteiger partial charge in [0, 0.05) is 13.2 Å². The van der Waals surface area contributed by atoms with Crippen LogP contribution in [-0.2, 0) is 6.61 Å². The minimum Gasteiger partial charge on any atom is -0.412 e. The molecule has 0 unspecified atom stereocenters. The van der Waals surface area contributed by atoms with Gasteiger partial charge in [0.05, 0.1) is 6.61 Å². The number of carbonyl (C=O) groups excluding carboxylic acids is 1. The van der Waals surface area contributed by atoms with Crippen LogP contribution in [0.1, 0.15) is 16.1 Å². The zero-order valence-electron chi connectivity index (χ0n) is 7.65. The summed E-state index contributed by atoms with van der Waals surface area (Å²) in [5, 5.41) is 11.2. The molecule has 6 heteroatoms. The molecule has 0 fully saturated rings. The summed E-state index contributed by atoms with van der Waals surface area (Å²) in [6, 6.07) is 3.21. The highest BCUT2D eigenvalue weighted by Crippen LogP contribution is 2.00. The van der Waals surface area contributed by atoms with Crippen molar-refractivity contribution in [1.82, 2.24) is 10.3 Å². The maximum Gasteiger partial charge on any atom is 0.269 e. The molecule has 0 aromatic carbocycles. The van der Waals surface area contributed by atoms with E-state index in [1.54, 1.807) is 12.1 Å². The van der Waals surface area contributed by atoms with Crippen molar-refractivity contribution in [2.24, 2.45) is 0 Å². The fourth-order valence-electron chi connectivity index (χ4n) is 0.825. The average Bonchev–Trinajstić information content (AvgIpc) is 2.17. The van der Waals surface area contributed by atoms with Gasteiger partial charge in [0.1, 0.15) is 5.69 Å². The number of rotatable bonds is 2. The Morgan fingerprint density at radius 2 is 2.29 bits per heavy atom. The molecule has 1 aromatic rings. The standard InChI is InChI=1S/C8H10N2O2.ClH.H2O/c1-9-8(12)7-4-6(5-11)2-3-10-7;;/h2-4,11H,5H2,1H3,(H,9,12);1H;1H2. The van der Waals surface area contributed by atoms with Gasteiger partial charge in [0.15, 0.2) is 0 Å². The van der Waals surface area contributed by atoms with Crippen LogP contribution < -0.4 is 5.32 Å². The van der Waals surface area contributed by atoms with Crippen molar-refractivity contribution < 1.29 is 15.4 Å². The number of aliphatic hydroxyl groups excluding tert-OH is 1. The van der Waals surface area contributed by atoms with Crippen molar-refractivity contribution >= 4 is 18.3 Å². The fourth-order valence-corrected chi connectivity index (χ4v) is 0.825. The van der Waals surface area contributed by atoms with Gasteiger partial charge in [0.2, 0.25) is 0 Å². The van der Waals surface area contributed by atoms with Crippen LogP contribution in [0.4, 0.5) is 0 Å². The van der Waals surface area contributed by atoms with E-state index in [2.05, 4.69) is 10.3 Å². The van der Waals surface area contributed by atoms with E-state index in [9.17, 15) is 4.79 Å². The van der Waals surface area contributed by atoms with Crippen LogP contribution in [0.15, 0.2) is 18.3 Å². The van der Waals surface area contributed by atoms with Crippen LogP contribution in [0.5, 0.6) is 0 Å². The largest absolute Gasteiger partial charge is 0.412 e. The highest BCUT2D eigenvalue weighted by atomic mass is 35.5. The summed E-state index contributed by atoms with van der Waals surface area (Å²) < 4.78 is 0. The minimum absolute atomic E-state index is 0. The number of pyridine rings is 1. The number of carbonyl (C=O) groups is 1. The summed E-state index contributed by atoms with van der Waals surface area (Å²) in [5.41, 5.74) is 1.01. The Kier molecular flexibility index (Phi) is 7.93. The molecule has 1 aromatic heterocycles. The van der Waals surface area contributed by atoms with E-state index in [0.717, 1.165) is 0 Å². The van der Waals surface area contributed by atoms with Crippen molar-refractivity contribution in [2.75, 3.05) is 7.05 Å². The molecular weight excluding hydrogens is 208 g/mol. The molecule has 1 heterocycles. The van der Waals surface area contributed by atoms with Gasteiger partial charge in [-0.25, -0.2) is 0 Å². The van der Waals surface area contributed by atoms with Crippen molar-refractivity contribution in [3.8, 4) is 0 Å². The van der Waals surface area contributed by atoms with E-state index >= 15 is 0 Å². The normalized spacial score (nSPS) is 8.14. The molecule has 0 radical (unpaired) electrons. The Labute approximate surface area is 87.9 Å². The lowest BCUT2D eigenvalue weighted by atomic mass is 10.2. The molecule has 0 aliphatic carbocycles. The number of nitrogens with one attached hydrogen (secondary N) is 1. The Balaban J connectivity index is 0. The van der Waals surface area contributed by atoms with Gasteiger partial charge in [-0.3, -0.25) is 9.78 Å². The monoisotopic (exact) mass is 220 g/mol. The number of aromatic nitrogens is 1. The molecule has 5 nitrogen and oxygen atoms in total. The first-order chi connectivity index (χ1) is 5.77. The van der Waals surface area contributed by atoms with E-state index in [1.165, 1.54) is 13.2 Å². The third-order valence-electron chi connectivity index (χ3n) is 1.47. The lowest BCUT2D eigenvalue weighted by Gasteiger charge is -1.99. The van der Waals surface area contributed by atoms with E-state index in [0.29, 0.717) is 11.3 Å². The number of hydrogen-bond acceptors (Lipinski definition) is 3. The van der Waals surface area contributed by atoms with Gasteiger partial charge in [-0.05, 0) is 17.7 Å². The molecular formula is C8H13ClN2O3. The summed E-state index contributed by atoms with van der Waals surface area (Å²) in [4.78, 5) is 14.9. The minimum atomic E-state index is -0.245. The first-order valence-corrected chi connectivity index (χ1v) is 3.56. The van der Waals surface area contributed by atoms with Crippen LogP contribution in [0, 0.1) is 0 Å². The van der Waals surface area contributed by atoms with E-state index in [-0.39, 0.29) is 30.4 Å². The summed E-state index contributed by atoms with van der Waals surface area (Å²) in [6.45, 7) is -0.0769. The van der Waals surface area contributed by atoms with Crippen LogP contribution in [0.25, 0.3) is 0 Å². The Hall–Kier alpha value is -1.17. The second-order valence-corrected chi connectivity index (χ2v) is 2.29. The zero-order valence-corrected chi connectivity index (χ0v) is 8.47. The highest BCUT2D eigenvalue weighted by molar-refractivity contribution is 5.92. The van der Waals surface area contributed by atoms with Gasteiger partial charge in [-0.2, -0.15) is 0 Å². The van der Waals surface area contributed by atoms with Gasteiger partial charge < -0.3 is 15.9 Å². The number of aliphatic hydroxyl groups is 1. The molecule has 0 atom stereocenters. The quantitative estimate of drug-likeness (QED) is 0.706. The first-order valence-electron chi connectivity index (χ1n) is 3.56. The third kappa shape index (κ3) is 3.69. The second-order valence-electron chi connectivity index (χ2n) is 2.29. The molecule has 80 valence electrons. The lowest BCUT2D eigenvalue weighted by molar-refractivity contribution is 0.0958. The number of amides is 1. The smallest absolute Gasteiger partial charge is 0.269 e. The van der Waals surface area contributed by atoms with Crippen LogP contribution in [0.2, 0.25) is 0 Å². The van der Waals surface area contributed by atoms with Crippen LogP contribution in [-0.4, -0.2) is 28.5 Å². The highest BCUT2D eigenvalue weighted by Gasteiger charge is 2.03. The first kappa shape index (κ1) is 15.3. The molecule has 14 heavy (non-hydrogen) atoms. The maximum absolute atomic E-state index is 11.0. The molecule has 1 rings (SSSR count). The predicted molar refractivity (Wildman–Crippen MR) is 54.4 cm³/mol. The molecule has 0 aliphatic rings. The molecule has 0 bridgehead atoms. The van der Waals surface area contributed by atoms with Crippen LogP contribution >= 0.6 is 12.4 Å². The Bertz CT molecular complexity index is 294. The molecule has 1 amide bonds. The second kappa shape index (κ2) is 7.25. The number of hydrogen-bond donors (Lipinski definition) is 2. The van der Waals surface area contributed by atoms with Crippen LogP contribution in [0.3, 0.4) is 0 Å². The summed E-state index contributed by atoms with van der Waals surface area (Å²) in [5.74, 6) is -0.245. The molecule has 0 saturated heterocycles. The zero-order chi connectivity index (χ0) is 8.97. The molecule has 0 spiro atoms. The predicted octanol–water partition coefficient (Wildman–Crippen LogP) is -0.469. The Morgan fingerprint density at radius 3 is 2.79 bits per heavy atom. The Morgan fingerprint density at radius 1 is 1.64 bits per heavy atom.